The van der Waals surface area contributed by atoms with Crippen molar-refractivity contribution < 1.29 is 14.3 Å². The summed E-state index contributed by atoms with van der Waals surface area (Å²) in [7, 11) is 3.12. The van der Waals surface area contributed by atoms with Gasteiger partial charge < -0.3 is 14.8 Å². The number of carbonyl (C=O) groups excluding carboxylic acids is 1. The molecule has 2 heterocycles. The van der Waals surface area contributed by atoms with Crippen molar-refractivity contribution in [3.63, 3.8) is 0 Å². The summed E-state index contributed by atoms with van der Waals surface area (Å²) in [5, 5.41) is 12.3. The molecule has 0 spiro atoms. The number of amides is 1. The topological polar surface area (TPSA) is 91.2 Å². The number of benzene rings is 2. The number of aryl methyl sites for hydroxylation is 1. The minimum Gasteiger partial charge on any atom is -0.493 e. The van der Waals surface area contributed by atoms with Crippen molar-refractivity contribution in [3.8, 4) is 28.6 Å². The van der Waals surface area contributed by atoms with Gasteiger partial charge >= 0.3 is 0 Å². The van der Waals surface area contributed by atoms with Gasteiger partial charge in [0.25, 0.3) is 0 Å². The highest BCUT2D eigenvalue weighted by Gasteiger charge is 2.18. The molecule has 1 amide bonds. The van der Waals surface area contributed by atoms with Crippen molar-refractivity contribution in [2.45, 2.75) is 12.1 Å². The van der Waals surface area contributed by atoms with Crippen LogP contribution < -0.4 is 14.8 Å². The number of carbonyl (C=O) groups is 1. The maximum absolute atomic E-state index is 12.7. The zero-order valence-corrected chi connectivity index (χ0v) is 19.3. The molecular formula is C24H23N5O3S. The van der Waals surface area contributed by atoms with E-state index in [1.165, 1.54) is 11.8 Å². The van der Waals surface area contributed by atoms with Crippen LogP contribution in [-0.2, 0) is 4.79 Å². The fraction of sp³-hybridized carbons (Fsp3) is 0.167. The second kappa shape index (κ2) is 10.2. The summed E-state index contributed by atoms with van der Waals surface area (Å²) in [6, 6.07) is 17.0. The summed E-state index contributed by atoms with van der Waals surface area (Å²) >= 11 is 1.31. The maximum atomic E-state index is 12.7. The van der Waals surface area contributed by atoms with E-state index in [1.807, 2.05) is 47.9 Å². The first-order valence-electron chi connectivity index (χ1n) is 10.2. The summed E-state index contributed by atoms with van der Waals surface area (Å²) in [5.74, 6) is 1.79. The molecule has 0 aliphatic heterocycles. The zero-order valence-electron chi connectivity index (χ0n) is 18.5. The summed E-state index contributed by atoms with van der Waals surface area (Å²) in [6.07, 6.45) is 3.46. The van der Waals surface area contributed by atoms with Gasteiger partial charge in [0.1, 0.15) is 0 Å². The number of rotatable bonds is 8. The van der Waals surface area contributed by atoms with Crippen molar-refractivity contribution in [3.05, 3.63) is 72.6 Å². The van der Waals surface area contributed by atoms with Gasteiger partial charge in [0.15, 0.2) is 22.5 Å². The van der Waals surface area contributed by atoms with Gasteiger partial charge in [0.05, 0.1) is 25.7 Å². The molecule has 33 heavy (non-hydrogen) atoms. The Morgan fingerprint density at radius 3 is 2.58 bits per heavy atom. The molecule has 8 nitrogen and oxygen atoms in total. The van der Waals surface area contributed by atoms with Crippen molar-refractivity contribution in [1.82, 2.24) is 19.7 Å². The van der Waals surface area contributed by atoms with Crippen LogP contribution in [0.4, 0.5) is 5.69 Å². The lowest BCUT2D eigenvalue weighted by Crippen LogP contribution is -2.14. The molecular weight excluding hydrogens is 438 g/mol. The second-order valence-electron chi connectivity index (χ2n) is 7.08. The Hall–Kier alpha value is -3.85. The average Bonchev–Trinajstić information content (AvgIpc) is 3.27. The van der Waals surface area contributed by atoms with Crippen LogP contribution in [0.25, 0.3) is 17.1 Å². The molecule has 0 saturated carbocycles. The molecule has 0 fully saturated rings. The Morgan fingerprint density at radius 2 is 1.85 bits per heavy atom. The van der Waals surface area contributed by atoms with Crippen LogP contribution in [0, 0.1) is 6.92 Å². The van der Waals surface area contributed by atoms with Crippen molar-refractivity contribution in [2.75, 3.05) is 25.3 Å². The first kappa shape index (κ1) is 22.3. The lowest BCUT2D eigenvalue weighted by atomic mass is 10.2. The van der Waals surface area contributed by atoms with E-state index in [1.54, 1.807) is 44.8 Å². The molecule has 168 valence electrons. The number of hydrogen-bond acceptors (Lipinski definition) is 7. The SMILES string of the molecule is COc1ccc(NC(=O)CSc2nnc(-c3cccnc3)n2-c2ccccc2C)cc1OC. The number of para-hydroxylation sites is 1. The second-order valence-corrected chi connectivity index (χ2v) is 8.02. The Kier molecular flexibility index (Phi) is 6.89. The minimum atomic E-state index is -0.172. The third-order valence-electron chi connectivity index (χ3n) is 4.91. The fourth-order valence-corrected chi connectivity index (χ4v) is 4.06. The molecule has 0 radical (unpaired) electrons. The van der Waals surface area contributed by atoms with E-state index >= 15 is 0 Å². The summed E-state index contributed by atoms with van der Waals surface area (Å²) in [5.41, 5.74) is 3.48. The predicted octanol–water partition coefficient (Wildman–Crippen LogP) is 4.39. The van der Waals surface area contributed by atoms with Crippen molar-refractivity contribution in [1.29, 1.82) is 0 Å². The number of methoxy groups -OCH3 is 2. The standard InChI is InChI=1S/C24H23N5O3S/c1-16-7-4-5-9-19(16)29-23(17-8-6-12-25-14-17)27-28-24(29)33-15-22(30)26-18-10-11-20(31-2)21(13-18)32-3/h4-14H,15H2,1-3H3,(H,26,30). The molecule has 2 aromatic heterocycles. The molecule has 0 unspecified atom stereocenters. The van der Waals surface area contributed by atoms with Gasteiger partial charge in [-0.05, 0) is 42.8 Å². The van der Waals surface area contributed by atoms with Crippen LogP contribution in [0.2, 0.25) is 0 Å². The van der Waals surface area contributed by atoms with Gasteiger partial charge in [-0.2, -0.15) is 0 Å². The number of thioether (sulfide) groups is 1. The van der Waals surface area contributed by atoms with Gasteiger partial charge in [0, 0.05) is 29.7 Å². The largest absolute Gasteiger partial charge is 0.493 e. The van der Waals surface area contributed by atoms with Crippen molar-refractivity contribution >= 4 is 23.4 Å². The van der Waals surface area contributed by atoms with Gasteiger partial charge in [-0.15, -0.1) is 10.2 Å². The van der Waals surface area contributed by atoms with E-state index < -0.39 is 0 Å². The molecule has 9 heteroatoms. The Bertz CT molecular complexity index is 1260. The van der Waals surface area contributed by atoms with Crippen LogP contribution in [-0.4, -0.2) is 45.6 Å². The van der Waals surface area contributed by atoms with Gasteiger partial charge in [0.2, 0.25) is 5.91 Å². The highest BCUT2D eigenvalue weighted by molar-refractivity contribution is 7.99. The fourth-order valence-electron chi connectivity index (χ4n) is 3.32. The van der Waals surface area contributed by atoms with Gasteiger partial charge in [-0.25, -0.2) is 0 Å². The zero-order chi connectivity index (χ0) is 23.2. The normalized spacial score (nSPS) is 10.6. The smallest absolute Gasteiger partial charge is 0.234 e. The van der Waals surface area contributed by atoms with Crippen LogP contribution in [0.15, 0.2) is 72.1 Å². The van der Waals surface area contributed by atoms with E-state index in [0.717, 1.165) is 16.8 Å². The summed E-state index contributed by atoms with van der Waals surface area (Å²) in [4.78, 5) is 16.9. The third-order valence-corrected chi connectivity index (χ3v) is 5.84. The number of aromatic nitrogens is 4. The number of hydrogen-bond donors (Lipinski definition) is 1. The van der Waals surface area contributed by atoms with E-state index in [2.05, 4.69) is 20.5 Å². The van der Waals surface area contributed by atoms with E-state index in [-0.39, 0.29) is 11.7 Å². The summed E-state index contributed by atoms with van der Waals surface area (Å²) in [6.45, 7) is 2.03. The number of ether oxygens (including phenoxy) is 2. The predicted molar refractivity (Wildman–Crippen MR) is 128 cm³/mol. The molecule has 4 rings (SSSR count). The van der Waals surface area contributed by atoms with Crippen LogP contribution >= 0.6 is 11.8 Å². The highest BCUT2D eigenvalue weighted by atomic mass is 32.2. The Balaban J connectivity index is 1.57. The molecule has 0 aliphatic carbocycles. The summed E-state index contributed by atoms with van der Waals surface area (Å²) < 4.78 is 12.5. The first-order chi connectivity index (χ1) is 16.1. The first-order valence-corrected chi connectivity index (χ1v) is 11.2. The molecule has 0 saturated heterocycles. The van der Waals surface area contributed by atoms with Crippen LogP contribution in [0.1, 0.15) is 5.56 Å². The van der Waals surface area contributed by atoms with E-state index in [0.29, 0.717) is 28.2 Å². The molecule has 0 aliphatic rings. The molecule has 2 aromatic carbocycles. The van der Waals surface area contributed by atoms with Crippen LogP contribution in [0.3, 0.4) is 0 Å². The third kappa shape index (κ3) is 4.98. The monoisotopic (exact) mass is 461 g/mol. The number of nitrogens with zero attached hydrogens (tertiary/aromatic N) is 4. The van der Waals surface area contributed by atoms with Gasteiger partial charge in [-0.3, -0.25) is 14.3 Å². The number of pyridine rings is 1. The molecule has 0 atom stereocenters. The minimum absolute atomic E-state index is 0.158. The maximum Gasteiger partial charge on any atom is 0.234 e. The van der Waals surface area contributed by atoms with E-state index in [9.17, 15) is 4.79 Å². The highest BCUT2D eigenvalue weighted by Crippen LogP contribution is 2.31. The molecule has 0 bridgehead atoms. The number of anilines is 1. The van der Waals surface area contributed by atoms with Gasteiger partial charge in [-0.1, -0.05) is 30.0 Å². The molecule has 1 N–H and O–H groups in total. The Labute approximate surface area is 196 Å². The van der Waals surface area contributed by atoms with E-state index in [4.69, 9.17) is 9.47 Å². The number of nitrogens with one attached hydrogen (secondary N) is 1. The molecule has 4 aromatic rings. The van der Waals surface area contributed by atoms with Crippen LogP contribution in [0.5, 0.6) is 11.5 Å². The Morgan fingerprint density at radius 1 is 1.03 bits per heavy atom. The average molecular weight is 462 g/mol. The lowest BCUT2D eigenvalue weighted by Gasteiger charge is -2.13. The quantitative estimate of drug-likeness (QED) is 0.389. The van der Waals surface area contributed by atoms with Crippen molar-refractivity contribution in [2.24, 2.45) is 0 Å². The lowest BCUT2D eigenvalue weighted by molar-refractivity contribution is -0.113.